The van der Waals surface area contributed by atoms with E-state index in [1.165, 1.54) is 6.20 Å². The van der Waals surface area contributed by atoms with Crippen LogP contribution in [0.25, 0.3) is 0 Å². The molecule has 0 aliphatic heterocycles. The van der Waals surface area contributed by atoms with Crippen LogP contribution >= 0.6 is 0 Å². The Morgan fingerprint density at radius 3 is 2.26 bits per heavy atom. The molecule has 0 fully saturated rings. The lowest BCUT2D eigenvalue weighted by Gasteiger charge is -2.18. The van der Waals surface area contributed by atoms with Crippen molar-refractivity contribution >= 4 is 11.8 Å². The van der Waals surface area contributed by atoms with E-state index >= 15 is 0 Å². The van der Waals surface area contributed by atoms with Crippen LogP contribution in [0.15, 0.2) is 18.3 Å². The number of benzene rings is 1. The highest BCUT2D eigenvalue weighted by Gasteiger charge is 2.27. The molecule has 0 aliphatic carbocycles. The van der Waals surface area contributed by atoms with Gasteiger partial charge in [-0.05, 0) is 29.2 Å². The number of hydrogen-bond donors (Lipinski definition) is 2. The fraction of sp³-hybridized carbons (Fsp3) is 0.444. The van der Waals surface area contributed by atoms with Gasteiger partial charge in [-0.15, -0.1) is 0 Å². The highest BCUT2D eigenvalue weighted by molar-refractivity contribution is 5.52. The Morgan fingerprint density at radius 1 is 1.11 bits per heavy atom. The topological polar surface area (TPSA) is 82.3 Å². The second-order valence-electron chi connectivity index (χ2n) is 6.31. The number of nitrogens with zero attached hydrogens (tertiary/aromatic N) is 2. The van der Waals surface area contributed by atoms with Crippen LogP contribution in [-0.4, -0.2) is 36.9 Å². The van der Waals surface area contributed by atoms with Crippen molar-refractivity contribution in [3.05, 3.63) is 35.0 Å². The van der Waals surface area contributed by atoms with Crippen molar-refractivity contribution in [2.24, 2.45) is 0 Å². The van der Waals surface area contributed by atoms with Gasteiger partial charge in [-0.2, -0.15) is 18.2 Å². The van der Waals surface area contributed by atoms with Crippen molar-refractivity contribution in [3.8, 4) is 11.5 Å². The van der Waals surface area contributed by atoms with E-state index in [0.717, 1.165) is 11.1 Å². The summed E-state index contributed by atoms with van der Waals surface area (Å²) in [5.74, 6) is 1.39. The monoisotopic (exact) mass is 384 g/mol. The summed E-state index contributed by atoms with van der Waals surface area (Å²) in [4.78, 5) is 7.85. The summed E-state index contributed by atoms with van der Waals surface area (Å²) in [5.41, 5.74) is 8.55. The molecule has 0 radical (unpaired) electrons. The van der Waals surface area contributed by atoms with Gasteiger partial charge in [0.1, 0.15) is 12.4 Å². The number of rotatable bonds is 7. The van der Waals surface area contributed by atoms with Crippen molar-refractivity contribution < 1.29 is 22.6 Å². The molecule has 0 atom stereocenters. The van der Waals surface area contributed by atoms with Gasteiger partial charge in [0.2, 0.25) is 5.95 Å². The Labute approximate surface area is 155 Å². The summed E-state index contributed by atoms with van der Waals surface area (Å²) in [6.45, 7) is 2.88. The van der Waals surface area contributed by atoms with E-state index in [-0.39, 0.29) is 17.7 Å². The third-order valence-electron chi connectivity index (χ3n) is 3.99. The average molecular weight is 384 g/mol. The summed E-state index contributed by atoms with van der Waals surface area (Å²) in [7, 11) is 3.12. The highest BCUT2D eigenvalue weighted by atomic mass is 19.4. The highest BCUT2D eigenvalue weighted by Crippen LogP contribution is 2.35. The number of nitrogens with one attached hydrogen (secondary N) is 1. The Hall–Kier alpha value is -2.71. The molecule has 2 aromatic rings. The van der Waals surface area contributed by atoms with Crippen LogP contribution in [0.3, 0.4) is 0 Å². The van der Waals surface area contributed by atoms with Gasteiger partial charge in [0, 0.05) is 18.2 Å². The van der Waals surface area contributed by atoms with Crippen LogP contribution in [0.1, 0.15) is 36.5 Å². The normalized spacial score (nSPS) is 11.6. The number of halogens is 3. The molecule has 0 saturated heterocycles. The molecular weight excluding hydrogens is 361 g/mol. The molecule has 1 heterocycles. The SMILES string of the molecule is COc1cc(Cc2cnc(NCC(F)(F)F)nc2N)c(C(C)C)cc1OC. The molecule has 0 aliphatic rings. The lowest BCUT2D eigenvalue weighted by molar-refractivity contribution is -0.115. The standard InChI is InChI=1S/C18H23F3N4O2/c1-10(2)13-7-15(27-4)14(26-3)6-11(13)5-12-8-23-17(25-16(12)22)24-9-18(19,20)21/h6-8,10H,5,9H2,1-4H3,(H3,22,23,24,25). The zero-order valence-electron chi connectivity index (χ0n) is 15.6. The molecule has 0 amide bonds. The van der Waals surface area contributed by atoms with E-state index in [9.17, 15) is 13.2 Å². The number of nitrogens with two attached hydrogens (primary N) is 1. The van der Waals surface area contributed by atoms with Crippen LogP contribution in [-0.2, 0) is 6.42 Å². The van der Waals surface area contributed by atoms with Crippen molar-refractivity contribution in [1.29, 1.82) is 0 Å². The van der Waals surface area contributed by atoms with E-state index in [0.29, 0.717) is 23.5 Å². The van der Waals surface area contributed by atoms with Gasteiger partial charge in [0.05, 0.1) is 14.2 Å². The number of ether oxygens (including phenoxy) is 2. The Kier molecular flexibility index (Phi) is 6.35. The van der Waals surface area contributed by atoms with Gasteiger partial charge in [-0.25, -0.2) is 4.98 Å². The molecule has 3 N–H and O–H groups in total. The third-order valence-corrected chi connectivity index (χ3v) is 3.99. The fourth-order valence-electron chi connectivity index (χ4n) is 2.65. The minimum atomic E-state index is -4.36. The summed E-state index contributed by atoms with van der Waals surface area (Å²) >= 11 is 0. The molecule has 0 saturated carbocycles. The van der Waals surface area contributed by atoms with Crippen molar-refractivity contribution in [2.45, 2.75) is 32.4 Å². The first kappa shape index (κ1) is 20.6. The van der Waals surface area contributed by atoms with E-state index < -0.39 is 12.7 Å². The quantitative estimate of drug-likeness (QED) is 0.756. The molecule has 1 aromatic carbocycles. The van der Waals surface area contributed by atoms with E-state index in [1.54, 1.807) is 14.2 Å². The van der Waals surface area contributed by atoms with Crippen LogP contribution < -0.4 is 20.5 Å². The van der Waals surface area contributed by atoms with E-state index in [4.69, 9.17) is 15.2 Å². The second-order valence-corrected chi connectivity index (χ2v) is 6.31. The van der Waals surface area contributed by atoms with E-state index in [1.807, 2.05) is 12.1 Å². The molecule has 148 valence electrons. The largest absolute Gasteiger partial charge is 0.493 e. The van der Waals surface area contributed by atoms with Gasteiger partial charge in [0.15, 0.2) is 11.5 Å². The Morgan fingerprint density at radius 2 is 1.74 bits per heavy atom. The van der Waals surface area contributed by atoms with Crippen LogP contribution in [0.2, 0.25) is 0 Å². The molecule has 0 unspecified atom stereocenters. The first-order valence-electron chi connectivity index (χ1n) is 8.31. The Bertz CT molecular complexity index is 795. The number of alkyl halides is 3. The fourth-order valence-corrected chi connectivity index (χ4v) is 2.65. The predicted octanol–water partition coefficient (Wildman–Crippen LogP) is 3.76. The molecule has 0 bridgehead atoms. The van der Waals surface area contributed by atoms with Gasteiger partial charge in [0.25, 0.3) is 0 Å². The first-order valence-corrected chi connectivity index (χ1v) is 8.31. The lowest BCUT2D eigenvalue weighted by atomic mass is 9.92. The smallest absolute Gasteiger partial charge is 0.405 e. The number of hydrogen-bond acceptors (Lipinski definition) is 6. The molecular formula is C18H23F3N4O2. The van der Waals surface area contributed by atoms with Crippen molar-refractivity contribution in [2.75, 3.05) is 31.8 Å². The maximum absolute atomic E-state index is 12.3. The van der Waals surface area contributed by atoms with Gasteiger partial charge in [-0.3, -0.25) is 0 Å². The average Bonchev–Trinajstić information content (AvgIpc) is 2.60. The molecule has 2 rings (SSSR count). The summed E-state index contributed by atoms with van der Waals surface area (Å²) in [6, 6.07) is 3.78. The number of anilines is 2. The molecule has 1 aromatic heterocycles. The minimum absolute atomic E-state index is 0.124. The minimum Gasteiger partial charge on any atom is -0.493 e. The number of methoxy groups -OCH3 is 2. The lowest BCUT2D eigenvalue weighted by Crippen LogP contribution is -2.22. The third kappa shape index (κ3) is 5.38. The van der Waals surface area contributed by atoms with Gasteiger partial charge in [-0.1, -0.05) is 13.8 Å². The van der Waals surface area contributed by atoms with Crippen molar-refractivity contribution in [1.82, 2.24) is 9.97 Å². The van der Waals surface area contributed by atoms with Crippen LogP contribution in [0.5, 0.6) is 11.5 Å². The summed E-state index contributed by atoms with van der Waals surface area (Å²) < 4.78 is 47.6. The maximum atomic E-state index is 12.3. The van der Waals surface area contributed by atoms with Gasteiger partial charge < -0.3 is 20.5 Å². The number of nitrogen functional groups attached to an aromatic ring is 1. The molecule has 6 nitrogen and oxygen atoms in total. The van der Waals surface area contributed by atoms with Crippen molar-refractivity contribution in [3.63, 3.8) is 0 Å². The maximum Gasteiger partial charge on any atom is 0.405 e. The molecule has 9 heteroatoms. The second kappa shape index (κ2) is 8.32. The van der Waals surface area contributed by atoms with Crippen LogP contribution in [0.4, 0.5) is 24.9 Å². The molecule has 0 spiro atoms. The number of aromatic nitrogens is 2. The summed E-state index contributed by atoms with van der Waals surface area (Å²) in [5, 5.41) is 2.12. The van der Waals surface area contributed by atoms with Gasteiger partial charge >= 0.3 is 6.18 Å². The van der Waals surface area contributed by atoms with Crippen LogP contribution in [0, 0.1) is 0 Å². The Balaban J connectivity index is 2.30. The zero-order valence-corrected chi connectivity index (χ0v) is 15.6. The van der Waals surface area contributed by atoms with E-state index in [2.05, 4.69) is 29.1 Å². The zero-order chi connectivity index (χ0) is 20.2. The predicted molar refractivity (Wildman–Crippen MR) is 97.4 cm³/mol. The summed E-state index contributed by atoms with van der Waals surface area (Å²) in [6.07, 6.45) is -2.51. The molecule has 27 heavy (non-hydrogen) atoms. The first-order chi connectivity index (χ1) is 12.6.